The van der Waals surface area contributed by atoms with E-state index in [4.69, 9.17) is 5.73 Å². The molecule has 0 bridgehead atoms. The van der Waals surface area contributed by atoms with Crippen molar-refractivity contribution in [3.63, 3.8) is 0 Å². The van der Waals surface area contributed by atoms with E-state index in [9.17, 15) is 22.8 Å². The number of rotatable bonds is 4. The van der Waals surface area contributed by atoms with Crippen LogP contribution >= 0.6 is 0 Å². The third-order valence-electron chi connectivity index (χ3n) is 3.35. The van der Waals surface area contributed by atoms with Gasteiger partial charge in [0.25, 0.3) is 0 Å². The molecule has 8 heteroatoms. The van der Waals surface area contributed by atoms with Crippen LogP contribution in [-0.4, -0.2) is 29.8 Å². The highest BCUT2D eigenvalue weighted by molar-refractivity contribution is 5.95. The van der Waals surface area contributed by atoms with Crippen LogP contribution in [0.1, 0.15) is 24.0 Å². The van der Waals surface area contributed by atoms with E-state index in [1.165, 1.54) is 11.0 Å². The zero-order chi connectivity index (χ0) is 16.3. The number of alkyl halides is 3. The Labute approximate surface area is 125 Å². The van der Waals surface area contributed by atoms with Crippen LogP contribution in [0.4, 0.5) is 18.9 Å². The average molecular weight is 315 g/mol. The third-order valence-corrected chi connectivity index (χ3v) is 3.35. The van der Waals surface area contributed by atoms with E-state index in [-0.39, 0.29) is 30.2 Å². The lowest BCUT2D eigenvalue weighted by Gasteiger charge is -2.16. The summed E-state index contributed by atoms with van der Waals surface area (Å²) < 4.78 is 38.4. The highest BCUT2D eigenvalue weighted by Gasteiger charge is 2.31. The topological polar surface area (TPSA) is 75.4 Å². The molecule has 0 unspecified atom stereocenters. The van der Waals surface area contributed by atoms with E-state index in [0.29, 0.717) is 19.4 Å². The van der Waals surface area contributed by atoms with Crippen molar-refractivity contribution in [2.75, 3.05) is 18.4 Å². The number of nitrogens with zero attached hydrogens (tertiary/aromatic N) is 1. The van der Waals surface area contributed by atoms with Gasteiger partial charge < -0.3 is 16.0 Å². The van der Waals surface area contributed by atoms with Gasteiger partial charge in [-0.15, -0.1) is 0 Å². The predicted molar refractivity (Wildman–Crippen MR) is 73.8 cm³/mol. The first-order valence-corrected chi connectivity index (χ1v) is 6.78. The summed E-state index contributed by atoms with van der Waals surface area (Å²) in [7, 11) is 0. The molecule has 1 aliphatic heterocycles. The Morgan fingerprint density at radius 2 is 2.05 bits per heavy atom. The Morgan fingerprint density at radius 3 is 2.59 bits per heavy atom. The van der Waals surface area contributed by atoms with E-state index in [2.05, 4.69) is 5.32 Å². The van der Waals surface area contributed by atoms with Crippen molar-refractivity contribution in [1.29, 1.82) is 0 Å². The molecule has 0 aliphatic carbocycles. The fourth-order valence-electron chi connectivity index (χ4n) is 2.29. The number of hydrogen-bond acceptors (Lipinski definition) is 3. The summed E-state index contributed by atoms with van der Waals surface area (Å²) in [5.41, 5.74) is 4.79. The van der Waals surface area contributed by atoms with E-state index in [1.807, 2.05) is 0 Å². The second-order valence-electron chi connectivity index (χ2n) is 5.09. The van der Waals surface area contributed by atoms with Crippen LogP contribution in [0.15, 0.2) is 18.2 Å². The molecule has 1 fully saturated rings. The van der Waals surface area contributed by atoms with Crippen LogP contribution < -0.4 is 11.1 Å². The Balaban J connectivity index is 2.11. The molecule has 0 radical (unpaired) electrons. The van der Waals surface area contributed by atoms with Crippen molar-refractivity contribution in [2.24, 2.45) is 5.73 Å². The molecule has 5 nitrogen and oxygen atoms in total. The van der Waals surface area contributed by atoms with Gasteiger partial charge in [0.15, 0.2) is 0 Å². The monoisotopic (exact) mass is 315 g/mol. The minimum atomic E-state index is -4.52. The number of carbonyl (C=O) groups is 2. The maximum Gasteiger partial charge on any atom is 0.416 e. The standard InChI is InChI=1S/C14H16F3N3O2/c15-14(16,17)10-4-9(7-18)5-11(6-10)19-12(21)8-20-3-1-2-13(20)22/h4-6H,1-3,7-8,18H2,(H,19,21). The van der Waals surface area contributed by atoms with Gasteiger partial charge in [-0.05, 0) is 30.2 Å². The number of carbonyl (C=O) groups excluding carboxylic acids is 2. The molecule has 0 atom stereocenters. The predicted octanol–water partition coefficient (Wildman–Crippen LogP) is 1.73. The molecular formula is C14H16F3N3O2. The van der Waals surface area contributed by atoms with Gasteiger partial charge in [-0.2, -0.15) is 13.2 Å². The number of hydrogen-bond donors (Lipinski definition) is 2. The number of nitrogens with one attached hydrogen (secondary N) is 1. The van der Waals surface area contributed by atoms with Crippen molar-refractivity contribution in [3.8, 4) is 0 Å². The van der Waals surface area contributed by atoms with Crippen LogP contribution in [-0.2, 0) is 22.3 Å². The number of nitrogens with two attached hydrogens (primary N) is 1. The normalized spacial score (nSPS) is 15.3. The number of halogens is 3. The van der Waals surface area contributed by atoms with E-state index < -0.39 is 17.6 Å². The number of benzene rings is 1. The quantitative estimate of drug-likeness (QED) is 0.888. The first kappa shape index (κ1) is 16.3. The number of amides is 2. The minimum absolute atomic E-state index is 0.0203. The molecule has 0 spiro atoms. The van der Waals surface area contributed by atoms with Gasteiger partial charge in [0.2, 0.25) is 11.8 Å². The molecule has 2 rings (SSSR count). The summed E-state index contributed by atoms with van der Waals surface area (Å²) in [6.45, 7) is 0.257. The summed E-state index contributed by atoms with van der Waals surface area (Å²) in [5, 5.41) is 2.39. The van der Waals surface area contributed by atoms with Gasteiger partial charge in [-0.25, -0.2) is 0 Å². The molecule has 2 amide bonds. The minimum Gasteiger partial charge on any atom is -0.333 e. The van der Waals surface area contributed by atoms with Crippen molar-refractivity contribution in [3.05, 3.63) is 29.3 Å². The van der Waals surface area contributed by atoms with Gasteiger partial charge in [0.05, 0.1) is 12.1 Å². The van der Waals surface area contributed by atoms with Crippen LogP contribution in [0.2, 0.25) is 0 Å². The van der Waals surface area contributed by atoms with Gasteiger partial charge in [0.1, 0.15) is 0 Å². The first-order chi connectivity index (χ1) is 10.3. The molecule has 3 N–H and O–H groups in total. The Hall–Kier alpha value is -2.09. The summed E-state index contributed by atoms with van der Waals surface area (Å²) in [6, 6.07) is 3.18. The molecule has 0 saturated carbocycles. The molecule has 1 saturated heterocycles. The summed E-state index contributed by atoms with van der Waals surface area (Å²) in [5.74, 6) is -0.653. The third kappa shape index (κ3) is 3.97. The zero-order valence-electron chi connectivity index (χ0n) is 11.7. The average Bonchev–Trinajstić information content (AvgIpc) is 2.82. The lowest BCUT2D eigenvalue weighted by atomic mass is 10.1. The van der Waals surface area contributed by atoms with Gasteiger partial charge >= 0.3 is 6.18 Å². The summed E-state index contributed by atoms with van der Waals surface area (Å²) in [4.78, 5) is 24.7. The fourth-order valence-corrected chi connectivity index (χ4v) is 2.29. The maximum atomic E-state index is 12.8. The van der Waals surface area contributed by atoms with Crippen LogP contribution in [0.25, 0.3) is 0 Å². The number of anilines is 1. The maximum absolute atomic E-state index is 12.8. The SMILES string of the molecule is NCc1cc(NC(=O)CN2CCCC2=O)cc(C(F)(F)F)c1. The van der Waals surface area contributed by atoms with E-state index in [0.717, 1.165) is 12.1 Å². The van der Waals surface area contributed by atoms with Gasteiger partial charge in [-0.1, -0.05) is 0 Å². The van der Waals surface area contributed by atoms with Gasteiger partial charge in [-0.3, -0.25) is 9.59 Å². The second kappa shape index (κ2) is 6.35. The van der Waals surface area contributed by atoms with Crippen LogP contribution in [0.5, 0.6) is 0 Å². The van der Waals surface area contributed by atoms with Crippen molar-refractivity contribution in [1.82, 2.24) is 4.90 Å². The van der Waals surface area contributed by atoms with E-state index in [1.54, 1.807) is 0 Å². The highest BCUT2D eigenvalue weighted by atomic mass is 19.4. The molecule has 1 aliphatic rings. The van der Waals surface area contributed by atoms with Crippen molar-refractivity contribution >= 4 is 17.5 Å². The Bertz CT molecular complexity index is 587. The molecule has 1 aromatic carbocycles. The molecule has 22 heavy (non-hydrogen) atoms. The van der Waals surface area contributed by atoms with Crippen LogP contribution in [0.3, 0.4) is 0 Å². The zero-order valence-corrected chi connectivity index (χ0v) is 11.7. The van der Waals surface area contributed by atoms with Crippen molar-refractivity contribution in [2.45, 2.75) is 25.6 Å². The van der Waals surface area contributed by atoms with Gasteiger partial charge in [0, 0.05) is 25.2 Å². The second-order valence-corrected chi connectivity index (χ2v) is 5.09. The molecular weight excluding hydrogens is 299 g/mol. The summed E-state index contributed by atoms with van der Waals surface area (Å²) in [6.07, 6.45) is -3.43. The first-order valence-electron chi connectivity index (χ1n) is 6.78. The Kier molecular flexibility index (Phi) is 4.70. The number of likely N-dealkylation sites (tertiary alicyclic amines) is 1. The summed E-state index contributed by atoms with van der Waals surface area (Å²) >= 11 is 0. The van der Waals surface area contributed by atoms with Crippen LogP contribution in [0, 0.1) is 0 Å². The molecule has 1 aromatic rings. The van der Waals surface area contributed by atoms with Crippen molar-refractivity contribution < 1.29 is 22.8 Å². The highest BCUT2D eigenvalue weighted by Crippen LogP contribution is 2.32. The fraction of sp³-hybridized carbons (Fsp3) is 0.429. The van der Waals surface area contributed by atoms with E-state index >= 15 is 0 Å². The largest absolute Gasteiger partial charge is 0.416 e. The molecule has 0 aromatic heterocycles. The molecule has 1 heterocycles. The Morgan fingerprint density at radius 1 is 1.32 bits per heavy atom. The lowest BCUT2D eigenvalue weighted by Crippen LogP contribution is -2.34. The smallest absolute Gasteiger partial charge is 0.333 e. The molecule has 120 valence electrons. The lowest BCUT2D eigenvalue weighted by molar-refractivity contribution is -0.137.